The van der Waals surface area contributed by atoms with Crippen LogP contribution in [0, 0.1) is 13.8 Å². The Balaban J connectivity index is 2.98. The number of rotatable bonds is 3. The van der Waals surface area contributed by atoms with E-state index in [1.165, 1.54) is 5.69 Å². The molecule has 0 fully saturated rings. The average Bonchev–Trinajstić information content (AvgIpc) is 2.47. The second-order valence-corrected chi connectivity index (χ2v) is 3.93. The van der Waals surface area contributed by atoms with Gasteiger partial charge in [-0.2, -0.15) is 0 Å². The summed E-state index contributed by atoms with van der Waals surface area (Å²) < 4.78 is 7.04. The standard InChI is InChI=1S/C13H19NO2/c1-6-16-13(15)9(2)7-12-8-10(3)14(5)11(12)4/h7-8H,6H2,1-5H3/b9-7+. The predicted molar refractivity (Wildman–Crippen MR) is 65.2 cm³/mol. The molecule has 0 aliphatic rings. The Labute approximate surface area is 96.7 Å². The van der Waals surface area contributed by atoms with Gasteiger partial charge in [0.05, 0.1) is 6.61 Å². The quantitative estimate of drug-likeness (QED) is 0.580. The molecule has 0 aromatic carbocycles. The Morgan fingerprint density at radius 2 is 2.12 bits per heavy atom. The molecule has 1 heterocycles. The second-order valence-electron chi connectivity index (χ2n) is 3.93. The Bertz CT molecular complexity index is 427. The minimum Gasteiger partial charge on any atom is -0.463 e. The first-order chi connectivity index (χ1) is 7.47. The van der Waals surface area contributed by atoms with Gasteiger partial charge in [-0.1, -0.05) is 0 Å². The summed E-state index contributed by atoms with van der Waals surface area (Å²) in [4.78, 5) is 11.5. The number of carbonyl (C=O) groups is 1. The van der Waals surface area contributed by atoms with Crippen LogP contribution in [0.15, 0.2) is 11.6 Å². The van der Waals surface area contributed by atoms with Crippen LogP contribution in [-0.4, -0.2) is 17.1 Å². The van der Waals surface area contributed by atoms with Crippen LogP contribution in [0.25, 0.3) is 6.08 Å². The molecule has 16 heavy (non-hydrogen) atoms. The molecule has 0 atom stereocenters. The maximum absolute atomic E-state index is 11.5. The number of esters is 1. The zero-order chi connectivity index (χ0) is 12.3. The molecule has 0 aliphatic heterocycles. The Morgan fingerprint density at radius 1 is 1.50 bits per heavy atom. The first-order valence-electron chi connectivity index (χ1n) is 5.45. The van der Waals surface area contributed by atoms with Crippen molar-refractivity contribution in [3.8, 4) is 0 Å². The number of aromatic nitrogens is 1. The third-order valence-corrected chi connectivity index (χ3v) is 2.78. The summed E-state index contributed by atoms with van der Waals surface area (Å²) in [6, 6.07) is 2.07. The molecular weight excluding hydrogens is 202 g/mol. The monoisotopic (exact) mass is 221 g/mol. The highest BCUT2D eigenvalue weighted by Gasteiger charge is 2.08. The van der Waals surface area contributed by atoms with Crippen molar-refractivity contribution < 1.29 is 9.53 Å². The molecule has 3 heteroatoms. The molecule has 0 amide bonds. The maximum atomic E-state index is 11.5. The summed E-state index contributed by atoms with van der Waals surface area (Å²) in [7, 11) is 2.02. The van der Waals surface area contributed by atoms with Crippen LogP contribution in [0.5, 0.6) is 0 Å². The molecule has 0 bridgehead atoms. The van der Waals surface area contributed by atoms with E-state index >= 15 is 0 Å². The summed E-state index contributed by atoms with van der Waals surface area (Å²) in [5, 5.41) is 0. The minimum absolute atomic E-state index is 0.247. The van der Waals surface area contributed by atoms with Crippen molar-refractivity contribution >= 4 is 12.0 Å². The van der Waals surface area contributed by atoms with Gasteiger partial charge in [-0.05, 0) is 45.4 Å². The van der Waals surface area contributed by atoms with Crippen molar-refractivity contribution in [2.24, 2.45) is 7.05 Å². The molecule has 0 aliphatic carbocycles. The highest BCUT2D eigenvalue weighted by molar-refractivity contribution is 5.93. The fourth-order valence-electron chi connectivity index (χ4n) is 1.57. The highest BCUT2D eigenvalue weighted by atomic mass is 16.5. The van der Waals surface area contributed by atoms with Gasteiger partial charge in [0.25, 0.3) is 0 Å². The van der Waals surface area contributed by atoms with Gasteiger partial charge >= 0.3 is 5.97 Å². The van der Waals surface area contributed by atoms with Gasteiger partial charge in [0, 0.05) is 24.0 Å². The zero-order valence-electron chi connectivity index (χ0n) is 10.6. The fourth-order valence-corrected chi connectivity index (χ4v) is 1.57. The van der Waals surface area contributed by atoms with Crippen molar-refractivity contribution in [1.82, 2.24) is 4.57 Å². The van der Waals surface area contributed by atoms with Crippen molar-refractivity contribution in [1.29, 1.82) is 0 Å². The van der Waals surface area contributed by atoms with Crippen molar-refractivity contribution in [3.05, 3.63) is 28.6 Å². The lowest BCUT2D eigenvalue weighted by Gasteiger charge is -2.02. The average molecular weight is 221 g/mol. The molecule has 1 aromatic rings. The van der Waals surface area contributed by atoms with Gasteiger partial charge in [-0.3, -0.25) is 0 Å². The molecule has 1 aromatic heterocycles. The van der Waals surface area contributed by atoms with Gasteiger partial charge in [0.2, 0.25) is 0 Å². The van der Waals surface area contributed by atoms with Gasteiger partial charge in [0.1, 0.15) is 0 Å². The minimum atomic E-state index is -0.247. The van der Waals surface area contributed by atoms with E-state index in [0.29, 0.717) is 12.2 Å². The van der Waals surface area contributed by atoms with Gasteiger partial charge in [0.15, 0.2) is 0 Å². The van der Waals surface area contributed by atoms with Crippen LogP contribution < -0.4 is 0 Å². The molecule has 88 valence electrons. The summed E-state index contributed by atoms with van der Waals surface area (Å²) in [6.07, 6.45) is 1.88. The van der Waals surface area contributed by atoms with Gasteiger partial charge in [-0.15, -0.1) is 0 Å². The summed E-state index contributed by atoms with van der Waals surface area (Å²) >= 11 is 0. The first-order valence-corrected chi connectivity index (χ1v) is 5.45. The molecule has 0 radical (unpaired) electrons. The molecule has 0 unspecified atom stereocenters. The molecule has 3 nitrogen and oxygen atoms in total. The topological polar surface area (TPSA) is 31.2 Å². The first kappa shape index (κ1) is 12.6. The van der Waals surface area contributed by atoms with E-state index in [9.17, 15) is 4.79 Å². The van der Waals surface area contributed by atoms with Crippen LogP contribution in [0.2, 0.25) is 0 Å². The van der Waals surface area contributed by atoms with E-state index < -0.39 is 0 Å². The van der Waals surface area contributed by atoms with E-state index in [4.69, 9.17) is 4.74 Å². The van der Waals surface area contributed by atoms with E-state index in [0.717, 1.165) is 11.3 Å². The van der Waals surface area contributed by atoms with Gasteiger partial charge < -0.3 is 9.30 Å². The normalized spacial score (nSPS) is 11.7. The molecular formula is C13H19NO2. The summed E-state index contributed by atoms with van der Waals surface area (Å²) in [6.45, 7) is 8.08. The number of ether oxygens (including phenoxy) is 1. The van der Waals surface area contributed by atoms with Crippen LogP contribution in [0.1, 0.15) is 30.8 Å². The van der Waals surface area contributed by atoms with Crippen LogP contribution in [0.3, 0.4) is 0 Å². The second kappa shape index (κ2) is 5.01. The van der Waals surface area contributed by atoms with Crippen molar-refractivity contribution in [3.63, 3.8) is 0 Å². The smallest absolute Gasteiger partial charge is 0.333 e. The van der Waals surface area contributed by atoms with Crippen LogP contribution in [-0.2, 0) is 16.6 Å². The molecule has 0 saturated heterocycles. The van der Waals surface area contributed by atoms with Crippen molar-refractivity contribution in [2.75, 3.05) is 6.61 Å². The number of nitrogens with zero attached hydrogens (tertiary/aromatic N) is 1. The molecule has 0 N–H and O–H groups in total. The third kappa shape index (κ3) is 2.54. The van der Waals surface area contributed by atoms with E-state index in [2.05, 4.69) is 10.6 Å². The largest absolute Gasteiger partial charge is 0.463 e. The Hall–Kier alpha value is -1.51. The molecule has 1 rings (SSSR count). The lowest BCUT2D eigenvalue weighted by Crippen LogP contribution is -2.04. The lowest BCUT2D eigenvalue weighted by atomic mass is 10.1. The zero-order valence-corrected chi connectivity index (χ0v) is 10.6. The van der Waals surface area contributed by atoms with Crippen LogP contribution in [0.4, 0.5) is 0 Å². The Morgan fingerprint density at radius 3 is 2.56 bits per heavy atom. The number of hydrogen-bond acceptors (Lipinski definition) is 2. The summed E-state index contributed by atoms with van der Waals surface area (Å²) in [5.41, 5.74) is 4.04. The van der Waals surface area contributed by atoms with Crippen molar-refractivity contribution in [2.45, 2.75) is 27.7 Å². The third-order valence-electron chi connectivity index (χ3n) is 2.78. The SMILES string of the molecule is CCOC(=O)/C(C)=C/c1cc(C)n(C)c1C. The fraction of sp³-hybridized carbons (Fsp3) is 0.462. The number of carbonyl (C=O) groups excluding carboxylic acids is 1. The predicted octanol–water partition coefficient (Wildman–Crippen LogP) is 2.61. The molecule has 0 saturated carbocycles. The van der Waals surface area contributed by atoms with E-state index in [-0.39, 0.29) is 5.97 Å². The highest BCUT2D eigenvalue weighted by Crippen LogP contribution is 2.17. The Kier molecular flexibility index (Phi) is 3.93. The number of hydrogen-bond donors (Lipinski definition) is 0. The van der Waals surface area contributed by atoms with E-state index in [1.807, 2.05) is 33.9 Å². The molecule has 0 spiro atoms. The van der Waals surface area contributed by atoms with E-state index in [1.54, 1.807) is 6.92 Å². The van der Waals surface area contributed by atoms with Gasteiger partial charge in [-0.25, -0.2) is 4.79 Å². The summed E-state index contributed by atoms with van der Waals surface area (Å²) in [5.74, 6) is -0.247. The number of aryl methyl sites for hydroxylation is 1. The van der Waals surface area contributed by atoms with Crippen LogP contribution >= 0.6 is 0 Å². The lowest BCUT2D eigenvalue weighted by molar-refractivity contribution is -0.138. The maximum Gasteiger partial charge on any atom is 0.333 e.